The molecule has 12 N–H and O–H groups in total. The second kappa shape index (κ2) is 46.5. The minimum absolute atomic E-state index is 0.0789. The zero-order valence-corrected chi connectivity index (χ0v) is 83.4. The van der Waals surface area contributed by atoms with Crippen molar-refractivity contribution < 1.29 is 143 Å². The number of fused-ring (bicyclic) bond motifs is 3. The minimum Gasteiger partial charge on any atom is -0.428 e. The zero-order chi connectivity index (χ0) is 106. The molecule has 12 aromatic rings. The molecule has 0 unspecified atom stereocenters. The van der Waals surface area contributed by atoms with Crippen molar-refractivity contribution in [2.24, 2.45) is 4.99 Å². The second-order valence-corrected chi connectivity index (χ2v) is 38.3. The van der Waals surface area contributed by atoms with Crippen LogP contribution in [0.5, 0.6) is 17.2 Å². The van der Waals surface area contributed by atoms with Gasteiger partial charge in [-0.15, -0.1) is 0 Å². The van der Waals surface area contributed by atoms with E-state index in [0.717, 1.165) is 50.7 Å². The van der Waals surface area contributed by atoms with Gasteiger partial charge in [0.15, 0.2) is 17.5 Å². The van der Waals surface area contributed by atoms with Crippen molar-refractivity contribution in [1.29, 1.82) is 0 Å². The summed E-state index contributed by atoms with van der Waals surface area (Å²) in [5.41, 5.74) is 10.7. The van der Waals surface area contributed by atoms with Gasteiger partial charge in [0.05, 0.1) is 42.5 Å². The van der Waals surface area contributed by atoms with Crippen LogP contribution in [0.25, 0.3) is 16.6 Å². The van der Waals surface area contributed by atoms with Crippen molar-refractivity contribution in [3.8, 4) is 17.2 Å². The van der Waals surface area contributed by atoms with Crippen molar-refractivity contribution in [3.63, 3.8) is 0 Å². The van der Waals surface area contributed by atoms with Gasteiger partial charge in [-0.3, -0.25) is 77.5 Å². The summed E-state index contributed by atoms with van der Waals surface area (Å²) in [6, 6.07) is 31.1. The number of esters is 3. The summed E-state index contributed by atoms with van der Waals surface area (Å²) >= 11 is 0. The summed E-state index contributed by atoms with van der Waals surface area (Å²) in [5.74, 6) is -3.37. The van der Waals surface area contributed by atoms with Gasteiger partial charge in [-0.05, 0) is 228 Å². The topological polar surface area (TPSA) is 645 Å². The van der Waals surface area contributed by atoms with Gasteiger partial charge >= 0.3 is 59.7 Å². The van der Waals surface area contributed by atoms with Crippen molar-refractivity contribution in [1.82, 2.24) is 74.4 Å². The number of nitrogens with zero attached hydrogens (tertiary/aromatic N) is 13. The van der Waals surface area contributed by atoms with Gasteiger partial charge in [0.1, 0.15) is 58.6 Å². The number of anilines is 6. The Morgan fingerprint density at radius 2 is 0.718 bits per heavy atom. The molecule has 4 fully saturated rings. The van der Waals surface area contributed by atoms with Crippen LogP contribution in [-0.4, -0.2) is 223 Å². The smallest absolute Gasteiger partial charge is 0.428 e. The molecule has 52 heteroatoms. The first-order chi connectivity index (χ1) is 71.1. The molecule has 6 aromatic heterocycles. The average molecular weight is 2100 g/mol. The molecule has 49 nitrogen and oxygen atoms in total. The first kappa shape index (κ1) is 107. The van der Waals surface area contributed by atoms with Crippen LogP contribution in [-0.2, 0) is 75.8 Å². The first-order valence-corrected chi connectivity index (χ1v) is 50.9. The highest BCUT2D eigenvalue weighted by molar-refractivity contribution is 7.47. The van der Waals surface area contributed by atoms with Gasteiger partial charge in [0.25, 0.3) is 35.4 Å². The number of phosphoric acid groups is 3. The van der Waals surface area contributed by atoms with E-state index in [1.54, 1.807) is 69.3 Å². The van der Waals surface area contributed by atoms with Crippen LogP contribution in [0.1, 0.15) is 177 Å². The number of amidine groups is 1. The van der Waals surface area contributed by atoms with E-state index in [4.69, 9.17) is 57.8 Å². The predicted octanol–water partition coefficient (Wildman–Crippen LogP) is 11.9. The number of benzene rings is 6. The Hall–Kier alpha value is -16.5. The van der Waals surface area contributed by atoms with Crippen LogP contribution in [0.3, 0.4) is 0 Å². The molecule has 5 aliphatic rings. The van der Waals surface area contributed by atoms with E-state index in [9.17, 15) is 71.2 Å². The number of phosphoric ester groups is 3. The van der Waals surface area contributed by atoms with E-state index in [1.165, 1.54) is 124 Å². The van der Waals surface area contributed by atoms with Gasteiger partial charge in [0.2, 0.25) is 20.4 Å². The zero-order valence-electron chi connectivity index (χ0n) is 80.7. The second-order valence-electron chi connectivity index (χ2n) is 34.8. The number of hydrogen-bond donors (Lipinski definition) is 12. The van der Waals surface area contributed by atoms with E-state index in [-0.39, 0.29) is 89.0 Å². The van der Waals surface area contributed by atoms with Crippen molar-refractivity contribution in [2.45, 2.75) is 150 Å². The maximum Gasteiger partial charge on any atom is 0.524 e. The molecule has 0 atom stereocenters. The normalized spacial score (nSPS) is 13.6. The summed E-state index contributed by atoms with van der Waals surface area (Å²) < 4.78 is 81.3. The highest BCUT2D eigenvalue weighted by Gasteiger charge is 2.44. The molecule has 0 spiro atoms. The quantitative estimate of drug-likeness (QED) is 0.00751. The van der Waals surface area contributed by atoms with Gasteiger partial charge in [-0.1, -0.05) is 67.6 Å². The van der Waals surface area contributed by atoms with Gasteiger partial charge in [0, 0.05) is 83.1 Å². The minimum atomic E-state index is -4.72. The maximum atomic E-state index is 13.8. The van der Waals surface area contributed by atoms with E-state index in [0.29, 0.717) is 159 Å². The number of aryl methyl sites for hydroxylation is 6. The monoisotopic (exact) mass is 2100 g/mol. The number of nitrogens with one attached hydrogen (secondary N) is 6. The van der Waals surface area contributed by atoms with Gasteiger partial charge in [-0.25, -0.2) is 71.3 Å². The van der Waals surface area contributed by atoms with Crippen LogP contribution < -0.4 is 45.5 Å². The SMILES string of the molecule is CCCNC(=O)c1ccc(C)c(Nc2ncnn3cc(C(=O)N(C(=O)OCOC(=O)Cc4ccc(OP(=O)(O)O)cc4)C4CC4)c(C)c23)c1.Cc1ccc(C(=O)NC2=NCC=C2)cc1Nc1ncnn2cc(C(=O)N(C(=O)OCOC(=O)Cc3ccc(OP(=O)(O)O)cc3)C3CC3)c(C)c12.Cc1ccc(C(=O)NC2CC2)cc1Nc1ncnn2cc(C(=O)N(C(=O)OCOC(=O)Cc3ccc(OP(=O)(O)O)cc3)C3CC3)c(C)c12. The predicted molar refractivity (Wildman–Crippen MR) is 527 cm³/mol. The van der Waals surface area contributed by atoms with E-state index in [1.807, 2.05) is 45.9 Å². The number of rotatable bonds is 36. The largest absolute Gasteiger partial charge is 0.524 e. The molecular formula is C97H100N19O30P3. The van der Waals surface area contributed by atoms with E-state index >= 15 is 0 Å². The maximum absolute atomic E-state index is 13.8. The molecule has 9 amide bonds. The van der Waals surface area contributed by atoms with Crippen molar-refractivity contribution in [3.05, 3.63) is 261 Å². The highest BCUT2D eigenvalue weighted by Crippen LogP contribution is 2.43. The fraction of sp³-hybridized carbons (Fsp3) is 0.289. The molecule has 0 saturated heterocycles. The van der Waals surface area contributed by atoms with Crippen LogP contribution in [0.15, 0.2) is 182 Å². The Morgan fingerprint density at radius 3 is 1.01 bits per heavy atom. The number of amides is 9. The molecular weight excluding hydrogens is 2000 g/mol. The number of carbonyl (C=O) groups is 12. The van der Waals surface area contributed by atoms with E-state index < -0.39 is 104 Å². The molecule has 0 radical (unpaired) electrons. The lowest BCUT2D eigenvalue weighted by Crippen LogP contribution is -2.39. The Balaban J connectivity index is 0.000000167. The fourth-order valence-electron chi connectivity index (χ4n) is 15.2. The number of aliphatic imine (C=N–C) groups is 1. The fourth-order valence-corrected chi connectivity index (χ4v) is 16.4. The molecule has 6 aromatic carbocycles. The van der Waals surface area contributed by atoms with Crippen molar-refractivity contribution >= 4 is 152 Å². The Morgan fingerprint density at radius 1 is 0.403 bits per heavy atom. The highest BCUT2D eigenvalue weighted by atomic mass is 31.2. The lowest BCUT2D eigenvalue weighted by molar-refractivity contribution is -0.152. The van der Waals surface area contributed by atoms with Crippen LogP contribution in [0.2, 0.25) is 0 Å². The summed E-state index contributed by atoms with van der Waals surface area (Å²) in [6.07, 6.45) is 14.7. The van der Waals surface area contributed by atoms with Gasteiger partial charge in [-0.2, -0.15) is 15.3 Å². The Kier molecular flexibility index (Phi) is 33.3. The van der Waals surface area contributed by atoms with Gasteiger partial charge < -0.3 is 73.9 Å². The summed E-state index contributed by atoms with van der Waals surface area (Å²) in [7, 11) is -14.2. The van der Waals surface area contributed by atoms with Crippen LogP contribution in [0, 0.1) is 41.5 Å². The number of imide groups is 3. The third-order valence-electron chi connectivity index (χ3n) is 23.4. The molecule has 7 heterocycles. The lowest BCUT2D eigenvalue weighted by atomic mass is 10.1. The first-order valence-electron chi connectivity index (χ1n) is 46.3. The van der Waals surface area contributed by atoms with E-state index in [2.05, 4.69) is 80.7 Å². The average Bonchev–Trinajstić information content (AvgIpc) is 1.62. The number of ether oxygens (including phenoxy) is 6. The van der Waals surface area contributed by atoms with Crippen LogP contribution in [0.4, 0.5) is 48.9 Å². The standard InChI is InChI=1S/C33H32N7O10P.C32H33N6O10P.C32H35N6O10P/c1-19-5-8-22(31(42)38-27-4-3-13-34-27)15-26(19)37-30-29-20(2)25(16-39(29)36-17-35-30)32(43)40(23-9-10-23)33(44)49-18-48-28(41)14-21-6-11-24(12-7-21)50-51(45,46)47;1-18-3-6-21(30(40)35-22-7-8-22)14-26(18)36-29-28-19(2)25(15-37(28)34-16-33-29)31(41)38(23-9-10-23)32(42)47-17-46-27(39)13-20-4-11-24(12-5-20)48-49(43,44)45;1-4-13-33-30(40)22-8-5-19(2)26(15-22)36-29-28-20(3)25(16-37(28)35-17-34-29)31(41)38(23-9-10-23)32(42)47-18-46-27(39)14-21-6-11-24(12-7-21)48-49(43,44)45/h3-8,11-12,15-17,23H,9-10,13-14,18H2,1-2H3,(H,34,38,42)(H,35,36,37)(H2,45,46,47);3-6,11-12,14-16,22-23H,7-10,13,17H2,1-2H3,(H,35,40)(H,33,34,36)(H2,43,44,45);5-8,11-12,15-17,23H,4,9-10,13-14,18H2,1-3H3,(H,33,40)(H,34,35,36)(H2,43,44,45). The summed E-state index contributed by atoms with van der Waals surface area (Å²) in [5, 5.41) is 31.2. The number of hydrogen-bond acceptors (Lipinski definition) is 34. The van der Waals surface area contributed by atoms with Crippen LogP contribution >= 0.6 is 23.5 Å². The molecule has 4 aliphatic carbocycles. The number of carbonyl (C=O) groups excluding carboxylic acids is 12. The third kappa shape index (κ3) is 28.4. The number of aromatic nitrogens is 9. The lowest BCUT2D eigenvalue weighted by Gasteiger charge is -2.19. The third-order valence-corrected chi connectivity index (χ3v) is 24.8. The molecule has 149 heavy (non-hydrogen) atoms. The molecule has 17 rings (SSSR count). The molecule has 778 valence electrons. The summed E-state index contributed by atoms with van der Waals surface area (Å²) in [4.78, 5) is 229. The molecule has 4 saturated carbocycles. The Labute approximate surface area is 846 Å². The summed E-state index contributed by atoms with van der Waals surface area (Å²) in [6.45, 7) is 11.6. The molecule has 0 bridgehead atoms. The molecule has 1 aliphatic heterocycles. The van der Waals surface area contributed by atoms with Crippen molar-refractivity contribution in [2.75, 3.05) is 49.4 Å². The Bertz CT molecular complexity index is 7430.